The number of hydrogen-bond donors (Lipinski definition) is 1. The molecule has 0 spiro atoms. The molecule has 0 unspecified atom stereocenters. The van der Waals surface area contributed by atoms with E-state index in [-0.39, 0.29) is 12.2 Å². The van der Waals surface area contributed by atoms with E-state index in [1.807, 2.05) is 0 Å². The molecular weight excluding hydrogens is 398 g/mol. The molecule has 0 saturated heterocycles. The van der Waals surface area contributed by atoms with Gasteiger partial charge >= 0.3 is 17.9 Å². The SMILES string of the molecule is O=C(O)/C=C/c1ccc(OC(=O)CCCCC[Si](Cl)(Cl)Cl)c(F)c1. The van der Waals surface area contributed by atoms with E-state index in [2.05, 4.69) is 0 Å². The number of rotatable bonds is 9. The molecule has 1 rings (SSSR count). The van der Waals surface area contributed by atoms with Crippen LogP contribution in [0.5, 0.6) is 5.75 Å². The number of carboxylic acid groups (broad SMARTS) is 1. The summed E-state index contributed by atoms with van der Waals surface area (Å²) in [6, 6.07) is 1.75. The van der Waals surface area contributed by atoms with Gasteiger partial charge in [-0.3, -0.25) is 4.79 Å². The predicted molar refractivity (Wildman–Crippen MR) is 95.3 cm³/mol. The number of halogens is 4. The minimum absolute atomic E-state index is 0.140. The minimum Gasteiger partial charge on any atom is -0.478 e. The van der Waals surface area contributed by atoms with Crippen LogP contribution >= 0.6 is 33.2 Å². The molecule has 0 bridgehead atoms. The zero-order valence-corrected chi connectivity index (χ0v) is 15.9. The van der Waals surface area contributed by atoms with Crippen LogP contribution < -0.4 is 4.74 Å². The fraction of sp³-hybridized carbons (Fsp3) is 0.333. The molecule has 9 heteroatoms. The highest BCUT2D eigenvalue weighted by Crippen LogP contribution is 2.27. The standard InChI is InChI=1S/C15H16Cl3FO4Si/c16-24(17,18)9-3-1-2-4-15(22)23-13-7-5-11(10-12(13)19)6-8-14(20)21/h5-8,10H,1-4,9H2,(H,20,21)/b8-6+. The van der Waals surface area contributed by atoms with Crippen LogP contribution in [0.25, 0.3) is 6.08 Å². The van der Waals surface area contributed by atoms with Crippen molar-refractivity contribution in [3.8, 4) is 5.75 Å². The van der Waals surface area contributed by atoms with Crippen LogP contribution in [-0.2, 0) is 9.59 Å². The number of hydrogen-bond acceptors (Lipinski definition) is 3. The summed E-state index contributed by atoms with van der Waals surface area (Å²) in [6.45, 7) is 0. The van der Waals surface area contributed by atoms with Crippen LogP contribution in [0.15, 0.2) is 24.3 Å². The third kappa shape index (κ3) is 9.27. The Morgan fingerprint density at radius 1 is 1.21 bits per heavy atom. The van der Waals surface area contributed by atoms with Gasteiger partial charge < -0.3 is 9.84 Å². The van der Waals surface area contributed by atoms with Crippen molar-refractivity contribution in [3.05, 3.63) is 35.7 Å². The van der Waals surface area contributed by atoms with Crippen molar-refractivity contribution in [2.24, 2.45) is 0 Å². The molecular formula is C15H16Cl3FO4Si. The van der Waals surface area contributed by atoms with Gasteiger partial charge in [-0.05, 0) is 36.2 Å². The van der Waals surface area contributed by atoms with Gasteiger partial charge in [-0.15, -0.1) is 33.2 Å². The van der Waals surface area contributed by atoms with Crippen LogP contribution in [0.4, 0.5) is 4.39 Å². The van der Waals surface area contributed by atoms with Gasteiger partial charge in [0, 0.05) is 12.5 Å². The van der Waals surface area contributed by atoms with Gasteiger partial charge in [-0.2, -0.15) is 0 Å². The molecule has 1 aromatic rings. The summed E-state index contributed by atoms with van der Waals surface area (Å²) in [5.41, 5.74) is 0.352. The summed E-state index contributed by atoms with van der Waals surface area (Å²) in [5.74, 6) is -2.61. The number of carbonyl (C=O) groups is 2. The molecule has 0 aliphatic carbocycles. The number of ether oxygens (including phenoxy) is 1. The van der Waals surface area contributed by atoms with Crippen LogP contribution in [0.1, 0.15) is 31.2 Å². The summed E-state index contributed by atoms with van der Waals surface area (Å²) in [4.78, 5) is 22.1. The molecule has 24 heavy (non-hydrogen) atoms. The van der Waals surface area contributed by atoms with E-state index in [9.17, 15) is 14.0 Å². The number of esters is 1. The average Bonchev–Trinajstić information content (AvgIpc) is 2.46. The Kier molecular flexibility index (Phi) is 8.76. The highest BCUT2D eigenvalue weighted by atomic mass is 35.8. The van der Waals surface area contributed by atoms with Gasteiger partial charge in [-0.25, -0.2) is 9.18 Å². The maximum atomic E-state index is 13.8. The third-order valence-corrected chi connectivity index (χ3v) is 5.56. The molecule has 0 heterocycles. The molecule has 0 radical (unpaired) electrons. The molecule has 0 aliphatic rings. The van der Waals surface area contributed by atoms with Gasteiger partial charge in [0.05, 0.1) is 0 Å². The molecule has 0 amide bonds. The van der Waals surface area contributed by atoms with Crippen molar-refractivity contribution >= 4 is 57.3 Å². The Bertz CT molecular complexity index is 617. The van der Waals surface area contributed by atoms with Gasteiger partial charge in [-0.1, -0.05) is 18.9 Å². The lowest BCUT2D eigenvalue weighted by molar-refractivity contribution is -0.135. The highest BCUT2D eigenvalue weighted by molar-refractivity contribution is 7.64. The van der Waals surface area contributed by atoms with Gasteiger partial charge in [0.15, 0.2) is 11.6 Å². The Balaban J connectivity index is 2.43. The van der Waals surface area contributed by atoms with E-state index in [0.717, 1.165) is 25.0 Å². The number of unbranched alkanes of at least 4 members (excludes halogenated alkanes) is 2. The topological polar surface area (TPSA) is 63.6 Å². The average molecular weight is 414 g/mol. The zero-order chi connectivity index (χ0) is 18.2. The molecule has 4 nitrogen and oxygen atoms in total. The van der Waals surface area contributed by atoms with Crippen molar-refractivity contribution in [2.45, 2.75) is 31.7 Å². The molecule has 0 atom stereocenters. The van der Waals surface area contributed by atoms with Crippen LogP contribution in [0, 0.1) is 5.82 Å². The summed E-state index contributed by atoms with van der Waals surface area (Å²) in [5, 5.41) is 8.51. The van der Waals surface area contributed by atoms with Crippen LogP contribution in [0.3, 0.4) is 0 Å². The lowest BCUT2D eigenvalue weighted by atomic mass is 10.2. The van der Waals surface area contributed by atoms with Gasteiger partial charge in [0.1, 0.15) is 0 Å². The monoisotopic (exact) mass is 412 g/mol. The second kappa shape index (κ2) is 10.0. The van der Waals surface area contributed by atoms with E-state index < -0.39 is 23.8 Å². The van der Waals surface area contributed by atoms with Crippen LogP contribution in [0.2, 0.25) is 6.04 Å². The zero-order valence-electron chi connectivity index (χ0n) is 12.6. The van der Waals surface area contributed by atoms with Gasteiger partial charge in [0.2, 0.25) is 0 Å². The molecule has 0 fully saturated rings. The third-order valence-electron chi connectivity index (χ3n) is 2.94. The maximum absolute atomic E-state index is 13.8. The van der Waals surface area contributed by atoms with E-state index in [0.29, 0.717) is 18.0 Å². The first-order valence-electron chi connectivity index (χ1n) is 7.15. The number of carboxylic acids is 1. The number of carbonyl (C=O) groups excluding carboxylic acids is 1. The molecule has 0 saturated carbocycles. The van der Waals surface area contributed by atoms with E-state index >= 15 is 0 Å². The molecule has 0 aromatic heterocycles. The Morgan fingerprint density at radius 3 is 2.50 bits per heavy atom. The van der Waals surface area contributed by atoms with E-state index in [4.69, 9.17) is 43.1 Å². The molecule has 0 aliphatic heterocycles. The lowest BCUT2D eigenvalue weighted by Gasteiger charge is -2.08. The molecule has 132 valence electrons. The maximum Gasteiger partial charge on any atom is 0.341 e. The smallest absolute Gasteiger partial charge is 0.341 e. The largest absolute Gasteiger partial charge is 0.478 e. The quantitative estimate of drug-likeness (QED) is 0.154. The summed E-state index contributed by atoms with van der Waals surface area (Å²) in [7, 11) is 0. The first-order valence-corrected chi connectivity index (χ1v) is 12.4. The molecule has 1 aromatic carbocycles. The van der Waals surface area contributed by atoms with Crippen molar-refractivity contribution in [3.63, 3.8) is 0 Å². The van der Waals surface area contributed by atoms with E-state index in [1.54, 1.807) is 0 Å². The Labute approximate surface area is 154 Å². The predicted octanol–water partition coefficient (Wildman–Crippen LogP) is 5.04. The number of benzene rings is 1. The Morgan fingerprint density at radius 2 is 1.92 bits per heavy atom. The first kappa shape index (κ1) is 21.0. The Hall–Kier alpha value is -1.08. The van der Waals surface area contributed by atoms with Crippen molar-refractivity contribution in [1.82, 2.24) is 0 Å². The fourth-order valence-corrected chi connectivity index (χ4v) is 3.67. The second-order valence-electron chi connectivity index (χ2n) is 5.01. The minimum atomic E-state index is -2.61. The lowest BCUT2D eigenvalue weighted by Crippen LogP contribution is -2.10. The molecule has 1 N–H and O–H groups in total. The van der Waals surface area contributed by atoms with Gasteiger partial charge in [0.25, 0.3) is 0 Å². The summed E-state index contributed by atoms with van der Waals surface area (Å²) in [6.07, 6.45) is 4.27. The van der Waals surface area contributed by atoms with Crippen molar-refractivity contribution < 1.29 is 23.8 Å². The summed E-state index contributed by atoms with van der Waals surface area (Å²) < 4.78 is 18.8. The van der Waals surface area contributed by atoms with Crippen LogP contribution in [-0.4, -0.2) is 23.0 Å². The normalized spacial score (nSPS) is 11.7. The first-order chi connectivity index (χ1) is 11.2. The van der Waals surface area contributed by atoms with Crippen molar-refractivity contribution in [2.75, 3.05) is 0 Å². The fourth-order valence-electron chi connectivity index (χ4n) is 1.82. The highest BCUT2D eigenvalue weighted by Gasteiger charge is 2.23. The summed E-state index contributed by atoms with van der Waals surface area (Å²) >= 11 is 17.3. The van der Waals surface area contributed by atoms with E-state index in [1.165, 1.54) is 18.2 Å². The van der Waals surface area contributed by atoms with Crippen molar-refractivity contribution in [1.29, 1.82) is 0 Å². The number of aliphatic carboxylic acids is 1. The second-order valence-corrected chi connectivity index (χ2v) is 14.3.